The lowest BCUT2D eigenvalue weighted by atomic mass is 10.2. The van der Waals surface area contributed by atoms with E-state index in [4.69, 9.17) is 4.74 Å². The maximum Gasteiger partial charge on any atom is 0.408 e. The highest BCUT2D eigenvalue weighted by Gasteiger charge is 2.28. The number of ether oxygens (including phenoxy) is 1. The molecule has 7 nitrogen and oxygen atoms in total. The Morgan fingerprint density at radius 1 is 1.16 bits per heavy atom. The van der Waals surface area contributed by atoms with Crippen molar-refractivity contribution in [3.63, 3.8) is 0 Å². The molecule has 0 bridgehead atoms. The van der Waals surface area contributed by atoms with Crippen LogP contribution in [0.3, 0.4) is 0 Å². The van der Waals surface area contributed by atoms with Crippen molar-refractivity contribution in [2.24, 2.45) is 0 Å². The van der Waals surface area contributed by atoms with E-state index in [1.165, 1.54) is 0 Å². The van der Waals surface area contributed by atoms with E-state index in [1.54, 1.807) is 4.90 Å². The van der Waals surface area contributed by atoms with E-state index in [0.29, 0.717) is 17.8 Å². The first kappa shape index (κ1) is 19.2. The van der Waals surface area contributed by atoms with Gasteiger partial charge in [-0.3, -0.25) is 14.3 Å². The summed E-state index contributed by atoms with van der Waals surface area (Å²) in [6.45, 7) is -0.381. The zero-order valence-electron chi connectivity index (χ0n) is 13.7. The topological polar surface area (TPSA) is 76.5 Å². The number of carbonyl (C=O) groups excluding carboxylic acids is 2. The van der Waals surface area contributed by atoms with Crippen molar-refractivity contribution in [1.29, 1.82) is 0 Å². The van der Waals surface area contributed by atoms with Gasteiger partial charge in [-0.1, -0.05) is 12.8 Å². The number of alkyl halides is 3. The number of hydrogen-bond acceptors (Lipinski definition) is 4. The maximum atomic E-state index is 12.2. The molecular formula is C15H21F3N4O3. The van der Waals surface area contributed by atoms with Gasteiger partial charge >= 0.3 is 6.18 Å². The number of halogens is 3. The van der Waals surface area contributed by atoms with Gasteiger partial charge < -0.3 is 15.0 Å². The molecule has 0 unspecified atom stereocenters. The van der Waals surface area contributed by atoms with Crippen LogP contribution >= 0.6 is 0 Å². The van der Waals surface area contributed by atoms with Crippen LogP contribution in [-0.2, 0) is 20.9 Å². The summed E-state index contributed by atoms with van der Waals surface area (Å²) in [5, 5.41) is 5.89. The van der Waals surface area contributed by atoms with Crippen molar-refractivity contribution in [3.05, 3.63) is 12.4 Å². The van der Waals surface area contributed by atoms with Crippen LogP contribution in [-0.4, -0.2) is 59.0 Å². The Balaban J connectivity index is 1.69. The summed E-state index contributed by atoms with van der Waals surface area (Å²) in [5.74, 6) is -0.720. The Labute approximate surface area is 143 Å². The van der Waals surface area contributed by atoms with Gasteiger partial charge in [0.25, 0.3) is 0 Å². The second-order valence-electron chi connectivity index (χ2n) is 5.88. The molecule has 0 atom stereocenters. The number of likely N-dealkylation sites (tertiary alicyclic amines) is 1. The minimum Gasteiger partial charge on any atom is -0.362 e. The van der Waals surface area contributed by atoms with Gasteiger partial charge in [-0.05, 0) is 12.8 Å². The van der Waals surface area contributed by atoms with Crippen LogP contribution in [0.4, 0.5) is 18.9 Å². The smallest absolute Gasteiger partial charge is 0.362 e. The molecule has 25 heavy (non-hydrogen) atoms. The largest absolute Gasteiger partial charge is 0.408 e. The van der Waals surface area contributed by atoms with E-state index in [9.17, 15) is 22.8 Å². The van der Waals surface area contributed by atoms with Gasteiger partial charge in [0, 0.05) is 19.3 Å². The average molecular weight is 362 g/mol. The molecular weight excluding hydrogens is 341 g/mol. The van der Waals surface area contributed by atoms with Crippen LogP contribution in [0, 0.1) is 0 Å². The van der Waals surface area contributed by atoms with E-state index in [1.807, 2.05) is 0 Å². The summed E-state index contributed by atoms with van der Waals surface area (Å²) >= 11 is 0. The number of aromatic nitrogens is 2. The maximum absolute atomic E-state index is 12.2. The van der Waals surface area contributed by atoms with Gasteiger partial charge in [0.15, 0.2) is 0 Å². The summed E-state index contributed by atoms with van der Waals surface area (Å²) < 4.78 is 42.5. The van der Waals surface area contributed by atoms with E-state index in [-0.39, 0.29) is 24.8 Å². The van der Waals surface area contributed by atoms with Crippen molar-refractivity contribution >= 4 is 17.5 Å². The van der Waals surface area contributed by atoms with Crippen molar-refractivity contribution in [3.8, 4) is 0 Å². The van der Waals surface area contributed by atoms with Gasteiger partial charge in [0.05, 0.1) is 11.9 Å². The first-order valence-corrected chi connectivity index (χ1v) is 8.08. The van der Waals surface area contributed by atoms with E-state index < -0.39 is 18.6 Å². The zero-order chi connectivity index (χ0) is 18.3. The fraction of sp³-hybridized carbons (Fsp3) is 0.667. The number of nitrogens with one attached hydrogen (secondary N) is 1. The third kappa shape index (κ3) is 7.12. The molecule has 0 radical (unpaired) electrons. The molecule has 2 heterocycles. The Morgan fingerprint density at radius 2 is 1.84 bits per heavy atom. The van der Waals surface area contributed by atoms with Gasteiger partial charge in [0.2, 0.25) is 11.8 Å². The number of anilines is 1. The third-order valence-electron chi connectivity index (χ3n) is 3.68. The second kappa shape index (κ2) is 8.84. The van der Waals surface area contributed by atoms with Crippen molar-refractivity contribution in [2.45, 2.75) is 38.4 Å². The minimum atomic E-state index is -4.38. The summed E-state index contributed by atoms with van der Waals surface area (Å²) in [6.07, 6.45) is 1.95. The normalized spacial score (nSPS) is 15.7. The third-order valence-corrected chi connectivity index (χ3v) is 3.68. The standard InChI is InChI=1S/C15H21F3N4O3/c16-15(17,18)11-22-8-12(7-19-22)20-13(23)9-25-10-14(24)21-5-3-1-2-4-6-21/h7-8H,1-6,9-11H2,(H,20,23). The quantitative estimate of drug-likeness (QED) is 0.837. The van der Waals surface area contributed by atoms with E-state index in [0.717, 1.165) is 38.1 Å². The molecule has 1 fully saturated rings. The lowest BCUT2D eigenvalue weighted by molar-refractivity contribution is -0.142. The molecule has 2 rings (SSSR count). The highest BCUT2D eigenvalue weighted by atomic mass is 19.4. The van der Waals surface area contributed by atoms with Gasteiger partial charge in [-0.15, -0.1) is 0 Å². The van der Waals surface area contributed by atoms with Gasteiger partial charge in [-0.2, -0.15) is 18.3 Å². The molecule has 1 aliphatic heterocycles. The summed E-state index contributed by atoms with van der Waals surface area (Å²) in [7, 11) is 0. The Hall–Kier alpha value is -2.10. The first-order valence-electron chi connectivity index (χ1n) is 8.08. The van der Waals surface area contributed by atoms with E-state index in [2.05, 4.69) is 10.4 Å². The number of rotatable bonds is 6. The Bertz CT molecular complexity index is 581. The number of carbonyl (C=O) groups is 2. The summed E-state index contributed by atoms with van der Waals surface area (Å²) in [4.78, 5) is 25.4. The molecule has 1 aliphatic rings. The van der Waals surface area contributed by atoms with Crippen LogP contribution < -0.4 is 5.32 Å². The number of amides is 2. The van der Waals surface area contributed by atoms with Crippen LogP contribution in [0.5, 0.6) is 0 Å². The lowest BCUT2D eigenvalue weighted by Gasteiger charge is -2.19. The molecule has 1 aromatic heterocycles. The highest BCUT2D eigenvalue weighted by molar-refractivity contribution is 5.91. The van der Waals surface area contributed by atoms with Crippen molar-refractivity contribution < 1.29 is 27.5 Å². The number of hydrogen-bond donors (Lipinski definition) is 1. The van der Waals surface area contributed by atoms with Crippen LogP contribution in [0.25, 0.3) is 0 Å². The van der Waals surface area contributed by atoms with Crippen molar-refractivity contribution in [2.75, 3.05) is 31.6 Å². The average Bonchev–Trinajstić information content (AvgIpc) is 2.77. The molecule has 2 amide bonds. The predicted molar refractivity (Wildman–Crippen MR) is 82.8 cm³/mol. The van der Waals surface area contributed by atoms with Crippen LogP contribution in [0.15, 0.2) is 12.4 Å². The molecule has 0 aromatic carbocycles. The monoisotopic (exact) mass is 362 g/mol. The fourth-order valence-electron chi connectivity index (χ4n) is 2.54. The van der Waals surface area contributed by atoms with E-state index >= 15 is 0 Å². The number of nitrogens with zero attached hydrogens (tertiary/aromatic N) is 3. The molecule has 10 heteroatoms. The molecule has 0 spiro atoms. The molecule has 0 saturated carbocycles. The predicted octanol–water partition coefficient (Wildman–Crippen LogP) is 1.80. The zero-order valence-corrected chi connectivity index (χ0v) is 13.7. The fourth-order valence-corrected chi connectivity index (χ4v) is 2.54. The molecule has 1 N–H and O–H groups in total. The van der Waals surface area contributed by atoms with Gasteiger partial charge in [0.1, 0.15) is 19.8 Å². The van der Waals surface area contributed by atoms with Crippen LogP contribution in [0.2, 0.25) is 0 Å². The van der Waals surface area contributed by atoms with Crippen molar-refractivity contribution in [1.82, 2.24) is 14.7 Å². The lowest BCUT2D eigenvalue weighted by Crippen LogP contribution is -2.35. The second-order valence-corrected chi connectivity index (χ2v) is 5.88. The Morgan fingerprint density at radius 3 is 2.48 bits per heavy atom. The minimum absolute atomic E-state index is 0.136. The SMILES string of the molecule is O=C(COCC(=O)N1CCCCCC1)Nc1cnn(CC(F)(F)F)c1. The first-order chi connectivity index (χ1) is 11.8. The molecule has 1 saturated heterocycles. The molecule has 0 aliphatic carbocycles. The highest BCUT2D eigenvalue weighted by Crippen LogP contribution is 2.18. The summed E-state index contributed by atoms with van der Waals surface area (Å²) in [6, 6.07) is 0. The Kier molecular flexibility index (Phi) is 6.80. The van der Waals surface area contributed by atoms with Gasteiger partial charge in [-0.25, -0.2) is 0 Å². The van der Waals surface area contributed by atoms with Crippen LogP contribution in [0.1, 0.15) is 25.7 Å². The molecule has 1 aromatic rings. The summed E-state index contributed by atoms with van der Waals surface area (Å²) in [5.41, 5.74) is 0.136. The molecule has 140 valence electrons.